The van der Waals surface area contributed by atoms with Crippen molar-refractivity contribution in [3.05, 3.63) is 0 Å². The minimum Gasteiger partial charge on any atom is -0.392 e. The van der Waals surface area contributed by atoms with E-state index in [1.165, 1.54) is 0 Å². The van der Waals surface area contributed by atoms with Gasteiger partial charge in [0.15, 0.2) is 0 Å². The Bertz CT molecular complexity index is 376. The molecule has 1 saturated heterocycles. The van der Waals surface area contributed by atoms with Crippen LogP contribution in [0.15, 0.2) is 0 Å². The van der Waals surface area contributed by atoms with Crippen molar-refractivity contribution >= 4 is 21.7 Å². The van der Waals surface area contributed by atoms with E-state index in [-0.39, 0.29) is 24.1 Å². The molecule has 0 amide bonds. The van der Waals surface area contributed by atoms with Crippen molar-refractivity contribution in [3.8, 4) is 0 Å². The fraction of sp³-hybridized carbons (Fsp3) is 0.938. The molecule has 145 valence electrons. The van der Waals surface area contributed by atoms with Crippen molar-refractivity contribution in [3.63, 3.8) is 0 Å². The molecule has 0 bridgehead atoms. The molecule has 0 saturated carbocycles. The van der Waals surface area contributed by atoms with Crippen LogP contribution < -0.4 is 0 Å². The molecular formula is C16H33BNO6Si. The maximum absolute atomic E-state index is 10.4. The quantitative estimate of drug-likeness (QED) is 0.354. The molecule has 3 atom stereocenters. The lowest BCUT2D eigenvalue weighted by Gasteiger charge is -2.40. The van der Waals surface area contributed by atoms with Crippen LogP contribution >= 0.6 is 0 Å². The molecular weight excluding hydrogens is 341 g/mol. The number of ether oxygens (including phenoxy) is 2. The third-order valence-corrected chi connectivity index (χ3v) is 5.82. The van der Waals surface area contributed by atoms with Crippen LogP contribution in [0.4, 0.5) is 0 Å². The lowest BCUT2D eigenvalue weighted by atomic mass is 9.85. The van der Waals surface area contributed by atoms with Crippen molar-refractivity contribution in [2.24, 2.45) is 11.8 Å². The molecule has 9 heteroatoms. The van der Waals surface area contributed by atoms with Gasteiger partial charge in [0.2, 0.25) is 0 Å². The normalized spacial score (nSPS) is 24.2. The third-order valence-electron chi connectivity index (χ3n) is 4.12. The fourth-order valence-corrected chi connectivity index (χ4v) is 3.41. The van der Waals surface area contributed by atoms with E-state index < -0.39 is 8.07 Å². The van der Waals surface area contributed by atoms with Crippen LogP contribution in [0, 0.1) is 11.8 Å². The Kier molecular flexibility index (Phi) is 13.3. The van der Waals surface area contributed by atoms with Gasteiger partial charge in [-0.05, 0) is 18.4 Å². The minimum absolute atomic E-state index is 0.0687. The van der Waals surface area contributed by atoms with Crippen LogP contribution in [-0.4, -0.2) is 71.1 Å². The van der Waals surface area contributed by atoms with Crippen molar-refractivity contribution in [1.82, 2.24) is 5.06 Å². The summed E-state index contributed by atoms with van der Waals surface area (Å²) < 4.78 is 16.7. The lowest BCUT2D eigenvalue weighted by Crippen LogP contribution is -2.50. The highest BCUT2D eigenvalue weighted by molar-refractivity contribution is 6.76. The van der Waals surface area contributed by atoms with Gasteiger partial charge in [0.25, 0.3) is 0 Å². The van der Waals surface area contributed by atoms with Gasteiger partial charge >= 0.3 is 13.6 Å². The number of nitrogens with zero attached hydrogens (tertiary/aromatic N) is 1. The highest BCUT2D eigenvalue weighted by Gasteiger charge is 2.35. The topological polar surface area (TPSA) is 85.3 Å². The van der Waals surface area contributed by atoms with Gasteiger partial charge in [-0.25, -0.2) is 5.06 Å². The van der Waals surface area contributed by atoms with Gasteiger partial charge in [0, 0.05) is 33.7 Å². The van der Waals surface area contributed by atoms with Gasteiger partial charge in [-0.2, -0.15) is 9.59 Å². The van der Waals surface area contributed by atoms with Gasteiger partial charge in [0.05, 0.1) is 12.7 Å². The van der Waals surface area contributed by atoms with Crippen LogP contribution in [-0.2, 0) is 23.8 Å². The summed E-state index contributed by atoms with van der Waals surface area (Å²) in [6.07, 6.45) is 0.859. The smallest absolute Gasteiger partial charge is 0.373 e. The molecule has 1 N–H and O–H groups in total. The third kappa shape index (κ3) is 11.6. The molecule has 0 spiro atoms. The second-order valence-corrected chi connectivity index (χ2v) is 13.0. The summed E-state index contributed by atoms with van der Waals surface area (Å²) >= 11 is 0. The highest BCUT2D eigenvalue weighted by atomic mass is 28.3. The number of aliphatic hydroxyl groups excluding tert-OH is 1. The van der Waals surface area contributed by atoms with Gasteiger partial charge < -0.3 is 19.3 Å². The molecule has 1 aliphatic rings. The van der Waals surface area contributed by atoms with E-state index in [2.05, 4.69) is 26.6 Å². The molecule has 3 unspecified atom stereocenters. The Balaban J connectivity index is 0.00000178. The van der Waals surface area contributed by atoms with E-state index in [1.807, 2.05) is 11.9 Å². The van der Waals surface area contributed by atoms with Crippen LogP contribution in [0.25, 0.3) is 0 Å². The molecule has 0 aromatic carbocycles. The van der Waals surface area contributed by atoms with E-state index in [1.54, 1.807) is 7.48 Å². The summed E-state index contributed by atoms with van der Waals surface area (Å²) in [5.74, 6) is 0.300. The largest absolute Gasteiger partial charge is 0.392 e. The van der Waals surface area contributed by atoms with Crippen molar-refractivity contribution in [2.75, 3.05) is 33.1 Å². The number of aliphatic hydroxyl groups is 1. The number of hydrogen-bond acceptors (Lipinski definition) is 7. The highest BCUT2D eigenvalue weighted by Crippen LogP contribution is 2.25. The average molecular weight is 374 g/mol. The van der Waals surface area contributed by atoms with Gasteiger partial charge in [-0.15, -0.1) is 0 Å². The first-order valence-electron chi connectivity index (χ1n) is 8.81. The maximum Gasteiger partial charge on any atom is 0.373 e. The maximum atomic E-state index is 10.4. The Hall–Kier alpha value is -0.538. The summed E-state index contributed by atoms with van der Waals surface area (Å²) in [6, 6.07) is 1.15. The summed E-state index contributed by atoms with van der Waals surface area (Å²) in [5, 5.41) is 12.3. The van der Waals surface area contributed by atoms with Crippen LogP contribution in [0.5, 0.6) is 0 Å². The predicted octanol–water partition coefficient (Wildman–Crippen LogP) is 1.65. The zero-order valence-electron chi connectivity index (χ0n) is 16.2. The van der Waals surface area contributed by atoms with Crippen molar-refractivity contribution in [2.45, 2.75) is 52.0 Å². The van der Waals surface area contributed by atoms with Crippen molar-refractivity contribution < 1.29 is 28.9 Å². The fourth-order valence-electron chi connectivity index (χ4n) is 2.65. The summed E-state index contributed by atoms with van der Waals surface area (Å²) in [5.41, 5.74) is 0. The van der Waals surface area contributed by atoms with Crippen molar-refractivity contribution in [1.29, 1.82) is 0 Å². The first kappa shape index (κ1) is 24.5. The van der Waals surface area contributed by atoms with E-state index in [0.29, 0.717) is 19.9 Å². The summed E-state index contributed by atoms with van der Waals surface area (Å²) in [6.45, 7) is 14.0. The van der Waals surface area contributed by atoms with E-state index in [9.17, 15) is 5.11 Å². The zero-order chi connectivity index (χ0) is 19.3. The molecule has 1 rings (SSSR count). The number of carbonyl (C=O) groups excluding carboxylic acids is 2. The molecule has 25 heavy (non-hydrogen) atoms. The van der Waals surface area contributed by atoms with E-state index in [0.717, 1.165) is 25.6 Å². The number of hydroxylamine groups is 2. The lowest BCUT2D eigenvalue weighted by molar-refractivity contribution is -0.191. The molecule has 0 aromatic rings. The molecule has 0 aliphatic carbocycles. The molecule has 7 nitrogen and oxygen atoms in total. The average Bonchev–Trinajstić information content (AvgIpc) is 2.53. The van der Waals surface area contributed by atoms with E-state index >= 15 is 0 Å². The number of piperidine rings is 1. The second-order valence-electron chi connectivity index (χ2n) is 7.40. The Morgan fingerprint density at radius 1 is 1.20 bits per heavy atom. The first-order chi connectivity index (χ1) is 11.8. The molecule has 1 aliphatic heterocycles. The second kappa shape index (κ2) is 13.6. The molecule has 0 aromatic heterocycles. The Morgan fingerprint density at radius 3 is 2.32 bits per heavy atom. The zero-order valence-corrected chi connectivity index (χ0v) is 17.2. The Morgan fingerprint density at radius 2 is 1.80 bits per heavy atom. The molecule has 1 fully saturated rings. The number of hydrogen-bond donors (Lipinski definition) is 1. The van der Waals surface area contributed by atoms with Gasteiger partial charge in [-0.3, -0.25) is 0 Å². The summed E-state index contributed by atoms with van der Waals surface area (Å²) in [4.78, 5) is 16.2. The molecule has 1 radical (unpaired) electrons. The first-order valence-corrected chi connectivity index (χ1v) is 12.5. The monoisotopic (exact) mass is 374 g/mol. The SMILES string of the molecule is C[B]ON1CC(CC)C(O)C(COCOCC[Si](C)(C)C)C1.O=C=O. The van der Waals surface area contributed by atoms with Crippen LogP contribution in [0.3, 0.4) is 0 Å². The Labute approximate surface area is 153 Å². The van der Waals surface area contributed by atoms with E-state index in [4.69, 9.17) is 23.8 Å². The predicted molar refractivity (Wildman–Crippen MR) is 97.5 cm³/mol. The van der Waals surface area contributed by atoms with Gasteiger partial charge in [-0.1, -0.05) is 33.4 Å². The van der Waals surface area contributed by atoms with Crippen LogP contribution in [0.1, 0.15) is 13.3 Å². The van der Waals surface area contributed by atoms with Gasteiger partial charge in [0.1, 0.15) is 6.79 Å². The number of rotatable bonds is 10. The summed E-state index contributed by atoms with van der Waals surface area (Å²) in [7, 11) is 0.642. The standard InChI is InChI=1S/C15H33BNO4Si.CO2/c1-6-13-9-17(21-16-2)10-14(15(13)18)11-20-12-19-7-8-22(3,4)5;2-1-3/h13-15,18H,6-12H2,1-5H3;. The molecule has 1 heterocycles. The minimum atomic E-state index is -1.04. The van der Waals surface area contributed by atoms with Crippen LogP contribution in [0.2, 0.25) is 32.5 Å².